The number of carbonyl (C=O) groups excluding carboxylic acids is 1. The zero-order valence-electron chi connectivity index (χ0n) is 15.7. The Bertz CT molecular complexity index is 1350. The lowest BCUT2D eigenvalue weighted by atomic mass is 10.2. The van der Waals surface area contributed by atoms with Gasteiger partial charge in [0, 0.05) is 10.9 Å². The summed E-state index contributed by atoms with van der Waals surface area (Å²) in [6.45, 7) is 0. The average Bonchev–Trinajstić information content (AvgIpc) is 3.40. The second kappa shape index (κ2) is 8.40. The van der Waals surface area contributed by atoms with Crippen molar-refractivity contribution < 1.29 is 26.4 Å². The number of benzene rings is 2. The first-order chi connectivity index (χ1) is 14.8. The monoisotopic (exact) mass is 460 g/mol. The molecule has 0 atom stereocenters. The van der Waals surface area contributed by atoms with Crippen molar-refractivity contribution in [3.63, 3.8) is 0 Å². The number of nitrogens with one attached hydrogen (secondary N) is 1. The van der Waals surface area contributed by atoms with E-state index in [0.29, 0.717) is 11.3 Å². The third-order valence-electron chi connectivity index (χ3n) is 4.26. The Balaban J connectivity index is 1.45. The molecule has 4 rings (SSSR count). The maximum atomic E-state index is 13.4. The number of carbonyl (C=O) groups is 1. The molecule has 0 fully saturated rings. The number of thiazole rings is 1. The fraction of sp³-hybridized carbons (Fsp3) is 0.0476. The quantitative estimate of drug-likeness (QED) is 0.442. The molecule has 1 amide bonds. The number of amides is 1. The molecule has 2 aromatic carbocycles. The topological polar surface area (TPSA) is 89.3 Å². The van der Waals surface area contributed by atoms with E-state index < -0.39 is 27.4 Å². The van der Waals surface area contributed by atoms with Gasteiger partial charge in [0.2, 0.25) is 0 Å². The van der Waals surface area contributed by atoms with Crippen LogP contribution < -0.4 is 5.32 Å². The van der Waals surface area contributed by atoms with Crippen molar-refractivity contribution in [2.75, 3.05) is 5.32 Å². The summed E-state index contributed by atoms with van der Waals surface area (Å²) in [5.74, 6) is -2.92. The highest BCUT2D eigenvalue weighted by atomic mass is 32.2. The highest BCUT2D eigenvalue weighted by Gasteiger charge is 2.20. The summed E-state index contributed by atoms with van der Waals surface area (Å²) < 4.78 is 56.7. The molecule has 2 aromatic heterocycles. The molecule has 2 heterocycles. The number of rotatable bonds is 6. The molecule has 0 saturated heterocycles. The van der Waals surface area contributed by atoms with Gasteiger partial charge >= 0.3 is 0 Å². The van der Waals surface area contributed by atoms with Gasteiger partial charge in [0.25, 0.3) is 5.91 Å². The lowest BCUT2D eigenvalue weighted by Crippen LogP contribution is -2.10. The number of furan rings is 1. The van der Waals surface area contributed by atoms with E-state index in [1.54, 1.807) is 23.6 Å². The first-order valence-corrected chi connectivity index (χ1v) is 11.4. The molecule has 0 aliphatic rings. The van der Waals surface area contributed by atoms with Gasteiger partial charge < -0.3 is 4.42 Å². The first-order valence-electron chi connectivity index (χ1n) is 8.91. The minimum Gasteiger partial charge on any atom is -0.455 e. The summed E-state index contributed by atoms with van der Waals surface area (Å²) in [5.41, 5.74) is 0.732. The molecule has 31 heavy (non-hydrogen) atoms. The number of halogens is 2. The van der Waals surface area contributed by atoms with E-state index >= 15 is 0 Å². The Kier molecular flexibility index (Phi) is 5.66. The maximum Gasteiger partial charge on any atom is 0.293 e. The SMILES string of the molecule is O=C(Nc1nc(-c2ccc(F)c(F)c2)cs1)c1ccc(CS(=O)(=O)c2ccccc2)o1. The fourth-order valence-corrected chi connectivity index (χ4v) is 4.74. The van der Waals surface area contributed by atoms with E-state index in [-0.39, 0.29) is 27.3 Å². The molecule has 0 radical (unpaired) electrons. The van der Waals surface area contributed by atoms with Gasteiger partial charge in [-0.2, -0.15) is 0 Å². The van der Waals surface area contributed by atoms with Crippen LogP contribution in [0.5, 0.6) is 0 Å². The van der Waals surface area contributed by atoms with Crippen molar-refractivity contribution in [1.82, 2.24) is 4.98 Å². The minimum absolute atomic E-state index is 0.0807. The largest absolute Gasteiger partial charge is 0.455 e. The van der Waals surface area contributed by atoms with Gasteiger partial charge in [0.1, 0.15) is 11.5 Å². The fourth-order valence-electron chi connectivity index (χ4n) is 2.75. The number of hydrogen-bond donors (Lipinski definition) is 1. The van der Waals surface area contributed by atoms with Gasteiger partial charge in [-0.3, -0.25) is 10.1 Å². The van der Waals surface area contributed by atoms with Crippen LogP contribution in [0.15, 0.2) is 75.4 Å². The number of aromatic nitrogens is 1. The molecule has 0 aliphatic heterocycles. The molecular formula is C21H14F2N2O4S2. The predicted molar refractivity (Wildman–Crippen MR) is 111 cm³/mol. The number of anilines is 1. The summed E-state index contributed by atoms with van der Waals surface area (Å²) in [6, 6.07) is 14.1. The second-order valence-corrected chi connectivity index (χ2v) is 9.31. The van der Waals surface area contributed by atoms with E-state index in [9.17, 15) is 22.0 Å². The van der Waals surface area contributed by atoms with E-state index in [2.05, 4.69) is 10.3 Å². The van der Waals surface area contributed by atoms with Crippen LogP contribution in [0.3, 0.4) is 0 Å². The van der Waals surface area contributed by atoms with Crippen LogP contribution in [0.25, 0.3) is 11.3 Å². The summed E-state index contributed by atoms with van der Waals surface area (Å²) >= 11 is 1.09. The van der Waals surface area contributed by atoms with Gasteiger partial charge in [0.15, 0.2) is 32.4 Å². The average molecular weight is 460 g/mol. The Labute approximate surface area is 180 Å². The van der Waals surface area contributed by atoms with E-state index in [0.717, 1.165) is 23.5 Å². The first kappa shape index (κ1) is 20.9. The van der Waals surface area contributed by atoms with Crippen LogP contribution in [-0.4, -0.2) is 19.3 Å². The zero-order chi connectivity index (χ0) is 22.0. The third kappa shape index (κ3) is 4.70. The Morgan fingerprint density at radius 2 is 1.81 bits per heavy atom. The van der Waals surface area contributed by atoms with Gasteiger partial charge in [0.05, 0.1) is 10.6 Å². The lowest BCUT2D eigenvalue weighted by Gasteiger charge is -2.02. The van der Waals surface area contributed by atoms with E-state index in [1.807, 2.05) is 0 Å². The van der Waals surface area contributed by atoms with Crippen molar-refractivity contribution in [1.29, 1.82) is 0 Å². The smallest absolute Gasteiger partial charge is 0.293 e. The van der Waals surface area contributed by atoms with Gasteiger partial charge in [-0.15, -0.1) is 11.3 Å². The van der Waals surface area contributed by atoms with Crippen LogP contribution in [-0.2, 0) is 15.6 Å². The summed E-state index contributed by atoms with van der Waals surface area (Å²) in [5, 5.41) is 4.35. The maximum absolute atomic E-state index is 13.4. The molecular weight excluding hydrogens is 446 g/mol. The lowest BCUT2D eigenvalue weighted by molar-refractivity contribution is 0.0995. The van der Waals surface area contributed by atoms with Crippen LogP contribution in [0.1, 0.15) is 16.3 Å². The molecule has 6 nitrogen and oxygen atoms in total. The molecule has 0 unspecified atom stereocenters. The van der Waals surface area contributed by atoms with Crippen LogP contribution >= 0.6 is 11.3 Å². The molecule has 4 aromatic rings. The van der Waals surface area contributed by atoms with Crippen molar-refractivity contribution in [3.8, 4) is 11.3 Å². The number of nitrogens with zero attached hydrogens (tertiary/aromatic N) is 1. The normalized spacial score (nSPS) is 11.4. The van der Waals surface area contributed by atoms with Crippen molar-refractivity contribution in [3.05, 3.63) is 89.2 Å². The van der Waals surface area contributed by atoms with Crippen LogP contribution in [0.2, 0.25) is 0 Å². The van der Waals surface area contributed by atoms with Crippen LogP contribution in [0.4, 0.5) is 13.9 Å². The highest BCUT2D eigenvalue weighted by Crippen LogP contribution is 2.27. The van der Waals surface area contributed by atoms with Gasteiger partial charge in [-0.05, 0) is 42.5 Å². The number of hydrogen-bond acceptors (Lipinski definition) is 6. The van der Waals surface area contributed by atoms with Crippen molar-refractivity contribution >= 4 is 32.2 Å². The Morgan fingerprint density at radius 1 is 1.03 bits per heavy atom. The second-order valence-electron chi connectivity index (χ2n) is 6.46. The third-order valence-corrected chi connectivity index (χ3v) is 6.67. The highest BCUT2D eigenvalue weighted by molar-refractivity contribution is 7.90. The molecule has 0 spiro atoms. The van der Waals surface area contributed by atoms with E-state index in [1.165, 1.54) is 30.3 Å². The van der Waals surface area contributed by atoms with Gasteiger partial charge in [-0.1, -0.05) is 18.2 Å². The molecule has 0 bridgehead atoms. The van der Waals surface area contributed by atoms with E-state index in [4.69, 9.17) is 4.42 Å². The standard InChI is InChI=1S/C21H14F2N2O4S2/c22-16-8-6-13(10-17(16)23)18-11-30-21(24-18)25-20(26)19-9-7-14(29-19)12-31(27,28)15-4-2-1-3-5-15/h1-11H,12H2,(H,24,25,26). The number of sulfone groups is 1. The molecule has 1 N–H and O–H groups in total. The molecule has 0 saturated carbocycles. The molecule has 0 aliphatic carbocycles. The van der Waals surface area contributed by atoms with Crippen molar-refractivity contribution in [2.24, 2.45) is 0 Å². The Morgan fingerprint density at radius 3 is 2.55 bits per heavy atom. The summed E-state index contributed by atoms with van der Waals surface area (Å²) in [4.78, 5) is 16.8. The predicted octanol–water partition coefficient (Wildman–Crippen LogP) is 4.91. The van der Waals surface area contributed by atoms with Gasteiger partial charge in [-0.25, -0.2) is 22.2 Å². The van der Waals surface area contributed by atoms with Crippen LogP contribution in [0, 0.1) is 11.6 Å². The molecule has 10 heteroatoms. The minimum atomic E-state index is -3.61. The summed E-state index contributed by atoms with van der Waals surface area (Å²) in [7, 11) is -3.61. The Hall–Kier alpha value is -3.37. The van der Waals surface area contributed by atoms with Crippen molar-refractivity contribution in [2.45, 2.75) is 10.6 Å². The zero-order valence-corrected chi connectivity index (χ0v) is 17.3. The summed E-state index contributed by atoms with van der Waals surface area (Å²) in [6.07, 6.45) is 0. The molecule has 158 valence electrons.